The van der Waals surface area contributed by atoms with Crippen LogP contribution in [0.5, 0.6) is 11.5 Å². The van der Waals surface area contributed by atoms with Crippen LogP contribution in [0.2, 0.25) is 0 Å². The molecule has 0 unspecified atom stereocenters. The van der Waals surface area contributed by atoms with Gasteiger partial charge >= 0.3 is 5.97 Å². The van der Waals surface area contributed by atoms with Crippen LogP contribution in [0.4, 0.5) is 5.00 Å². The highest BCUT2D eigenvalue weighted by atomic mass is 32.1. The molecule has 0 radical (unpaired) electrons. The fraction of sp³-hybridized carbons (Fsp3) is 0.381. The standard InChI is InChI=1S/C21H25N3O6S/c1-4-28-21(27)17-12(2)18(19(22)26)31-20(17)23-16(25)11-24(3)10-13-5-6-14-15(9-13)30-8-7-29-14/h5-6,9H,4,7-8,10-11H2,1-3H3,(H2,22,26)(H,23,25). The molecular formula is C21H25N3O6S. The van der Waals surface area contributed by atoms with Gasteiger partial charge in [0.05, 0.1) is 23.6 Å². The van der Waals surface area contributed by atoms with Crippen molar-refractivity contribution in [3.8, 4) is 11.5 Å². The topological polar surface area (TPSA) is 120 Å². The number of carbonyl (C=O) groups is 3. The van der Waals surface area contributed by atoms with Crippen molar-refractivity contribution in [3.63, 3.8) is 0 Å². The van der Waals surface area contributed by atoms with Crippen molar-refractivity contribution in [2.24, 2.45) is 5.73 Å². The average Bonchev–Trinajstić information content (AvgIpc) is 3.03. The van der Waals surface area contributed by atoms with Gasteiger partial charge in [-0.1, -0.05) is 6.07 Å². The lowest BCUT2D eigenvalue weighted by Gasteiger charge is -2.21. The summed E-state index contributed by atoms with van der Waals surface area (Å²) in [5.41, 5.74) is 6.92. The smallest absolute Gasteiger partial charge is 0.341 e. The van der Waals surface area contributed by atoms with Gasteiger partial charge in [-0.2, -0.15) is 0 Å². The average molecular weight is 448 g/mol. The highest BCUT2D eigenvalue weighted by Gasteiger charge is 2.26. The predicted molar refractivity (Wildman–Crippen MR) is 116 cm³/mol. The number of esters is 1. The number of rotatable bonds is 8. The monoisotopic (exact) mass is 447 g/mol. The molecule has 10 heteroatoms. The maximum absolute atomic E-state index is 12.6. The van der Waals surface area contributed by atoms with Crippen LogP contribution in [0.1, 0.15) is 38.1 Å². The largest absolute Gasteiger partial charge is 0.486 e. The number of primary amides is 1. The third kappa shape index (κ3) is 5.33. The fourth-order valence-corrected chi connectivity index (χ4v) is 4.31. The summed E-state index contributed by atoms with van der Waals surface area (Å²) in [6.07, 6.45) is 0. The zero-order valence-electron chi connectivity index (χ0n) is 17.6. The van der Waals surface area contributed by atoms with E-state index < -0.39 is 11.9 Å². The van der Waals surface area contributed by atoms with E-state index >= 15 is 0 Å². The summed E-state index contributed by atoms with van der Waals surface area (Å²) >= 11 is 0.967. The van der Waals surface area contributed by atoms with Gasteiger partial charge in [0.2, 0.25) is 5.91 Å². The Morgan fingerprint density at radius 3 is 2.61 bits per heavy atom. The van der Waals surface area contributed by atoms with Crippen molar-refractivity contribution in [1.82, 2.24) is 4.90 Å². The van der Waals surface area contributed by atoms with Crippen LogP contribution in [-0.4, -0.2) is 56.1 Å². The van der Waals surface area contributed by atoms with E-state index in [0.29, 0.717) is 36.8 Å². The number of carbonyl (C=O) groups excluding carboxylic acids is 3. The molecule has 0 spiro atoms. The van der Waals surface area contributed by atoms with E-state index in [4.69, 9.17) is 19.9 Å². The van der Waals surface area contributed by atoms with Crippen molar-refractivity contribution in [2.75, 3.05) is 38.7 Å². The number of ether oxygens (including phenoxy) is 3. The Bertz CT molecular complexity index is 1000. The molecule has 9 nitrogen and oxygen atoms in total. The first-order chi connectivity index (χ1) is 14.8. The number of hydrogen-bond donors (Lipinski definition) is 2. The Balaban J connectivity index is 1.68. The highest BCUT2D eigenvalue weighted by molar-refractivity contribution is 7.18. The maximum atomic E-state index is 12.6. The number of thiophene rings is 1. The molecule has 0 saturated carbocycles. The van der Waals surface area contributed by atoms with E-state index in [1.54, 1.807) is 20.9 Å². The number of anilines is 1. The first-order valence-corrected chi connectivity index (χ1v) is 10.6. The minimum atomic E-state index is -0.663. The minimum absolute atomic E-state index is 0.0690. The number of hydrogen-bond acceptors (Lipinski definition) is 8. The van der Waals surface area contributed by atoms with Crippen LogP contribution in [0.3, 0.4) is 0 Å². The van der Waals surface area contributed by atoms with Crippen LogP contribution < -0.4 is 20.5 Å². The second-order valence-electron chi connectivity index (χ2n) is 7.04. The summed E-state index contributed by atoms with van der Waals surface area (Å²) < 4.78 is 16.2. The molecule has 2 aromatic rings. The van der Waals surface area contributed by atoms with E-state index in [0.717, 1.165) is 16.9 Å². The summed E-state index contributed by atoms with van der Waals surface area (Å²) in [7, 11) is 1.80. The molecule has 0 atom stereocenters. The second-order valence-corrected chi connectivity index (χ2v) is 8.06. The molecule has 0 fully saturated rings. The molecule has 3 N–H and O–H groups in total. The molecular weight excluding hydrogens is 422 g/mol. The summed E-state index contributed by atoms with van der Waals surface area (Å²) in [5, 5.41) is 2.97. The Morgan fingerprint density at radius 1 is 1.23 bits per heavy atom. The summed E-state index contributed by atoms with van der Waals surface area (Å²) in [4.78, 5) is 38.7. The van der Waals surface area contributed by atoms with Gasteiger partial charge in [-0.05, 0) is 44.2 Å². The van der Waals surface area contributed by atoms with Crippen LogP contribution in [0, 0.1) is 6.92 Å². The maximum Gasteiger partial charge on any atom is 0.341 e. The molecule has 31 heavy (non-hydrogen) atoms. The minimum Gasteiger partial charge on any atom is -0.486 e. The van der Waals surface area contributed by atoms with Gasteiger partial charge < -0.3 is 25.3 Å². The lowest BCUT2D eigenvalue weighted by Crippen LogP contribution is -2.30. The number of nitrogens with zero attached hydrogens (tertiary/aromatic N) is 1. The molecule has 1 aliphatic rings. The van der Waals surface area contributed by atoms with E-state index in [-0.39, 0.29) is 34.5 Å². The Kier molecular flexibility index (Phi) is 7.13. The Hall–Kier alpha value is -3.11. The zero-order chi connectivity index (χ0) is 22.5. The Labute approximate surface area is 184 Å². The van der Waals surface area contributed by atoms with Crippen molar-refractivity contribution in [1.29, 1.82) is 0 Å². The third-order valence-electron chi connectivity index (χ3n) is 4.58. The quantitative estimate of drug-likeness (QED) is 0.595. The number of fused-ring (bicyclic) bond motifs is 1. The van der Waals surface area contributed by atoms with E-state index in [2.05, 4.69) is 5.32 Å². The molecule has 2 heterocycles. The van der Waals surface area contributed by atoms with Crippen molar-refractivity contribution >= 4 is 34.1 Å². The lowest BCUT2D eigenvalue weighted by molar-refractivity contribution is -0.117. The predicted octanol–water partition coefficient (Wildman–Crippen LogP) is 2.17. The SMILES string of the molecule is CCOC(=O)c1c(NC(=O)CN(C)Cc2ccc3c(c2)OCCO3)sc(C(N)=O)c1C. The van der Waals surface area contributed by atoms with Gasteiger partial charge in [-0.15, -0.1) is 11.3 Å². The van der Waals surface area contributed by atoms with Crippen molar-refractivity contribution in [2.45, 2.75) is 20.4 Å². The molecule has 0 aliphatic carbocycles. The first-order valence-electron chi connectivity index (χ1n) is 9.77. The van der Waals surface area contributed by atoms with E-state index in [9.17, 15) is 14.4 Å². The van der Waals surface area contributed by atoms with Gasteiger partial charge in [0.25, 0.3) is 5.91 Å². The van der Waals surface area contributed by atoms with E-state index in [1.165, 1.54) is 0 Å². The second kappa shape index (κ2) is 9.80. The first kappa shape index (κ1) is 22.6. The number of benzene rings is 1. The number of amides is 2. The van der Waals surface area contributed by atoms with Gasteiger partial charge in [-0.25, -0.2) is 4.79 Å². The molecule has 166 valence electrons. The number of nitrogens with two attached hydrogens (primary N) is 1. The normalized spacial score (nSPS) is 12.5. The van der Waals surface area contributed by atoms with Gasteiger partial charge in [0.15, 0.2) is 11.5 Å². The molecule has 0 saturated heterocycles. The van der Waals surface area contributed by atoms with Crippen LogP contribution in [0.25, 0.3) is 0 Å². The van der Waals surface area contributed by atoms with Crippen molar-refractivity contribution in [3.05, 3.63) is 39.8 Å². The molecule has 1 aliphatic heterocycles. The van der Waals surface area contributed by atoms with E-state index in [1.807, 2.05) is 23.1 Å². The molecule has 1 aromatic heterocycles. The van der Waals surface area contributed by atoms with Gasteiger partial charge in [0.1, 0.15) is 18.2 Å². The lowest BCUT2D eigenvalue weighted by atomic mass is 10.1. The number of nitrogens with one attached hydrogen (secondary N) is 1. The third-order valence-corrected chi connectivity index (χ3v) is 5.80. The van der Waals surface area contributed by atoms with Crippen LogP contribution in [0.15, 0.2) is 18.2 Å². The van der Waals surface area contributed by atoms with Gasteiger partial charge in [-0.3, -0.25) is 14.5 Å². The summed E-state index contributed by atoms with van der Waals surface area (Å²) in [6, 6.07) is 5.66. The molecule has 3 rings (SSSR count). The molecule has 2 amide bonds. The van der Waals surface area contributed by atoms with Crippen molar-refractivity contribution < 1.29 is 28.6 Å². The zero-order valence-corrected chi connectivity index (χ0v) is 18.5. The fourth-order valence-electron chi connectivity index (χ4n) is 3.25. The molecule has 1 aromatic carbocycles. The summed E-state index contributed by atoms with van der Waals surface area (Å²) in [5.74, 6) is -0.204. The molecule has 0 bridgehead atoms. The van der Waals surface area contributed by atoms with Crippen LogP contribution >= 0.6 is 11.3 Å². The highest BCUT2D eigenvalue weighted by Crippen LogP contribution is 2.34. The number of likely N-dealkylation sites (N-methyl/N-ethyl adjacent to an activating group) is 1. The van der Waals surface area contributed by atoms with Gasteiger partial charge in [0, 0.05) is 6.54 Å². The Morgan fingerprint density at radius 2 is 1.94 bits per heavy atom. The summed E-state index contributed by atoms with van der Waals surface area (Å²) in [6.45, 7) is 5.06. The van der Waals surface area contributed by atoms with Crippen LogP contribution in [-0.2, 0) is 16.1 Å².